The maximum atomic E-state index is 6.17. The number of nitrogen functional groups attached to an aromatic ring is 1. The van der Waals surface area contributed by atoms with Gasteiger partial charge in [0.05, 0.1) is 5.56 Å². The molecule has 1 aromatic rings. The highest BCUT2D eigenvalue weighted by Gasteiger charge is 2.26. The van der Waals surface area contributed by atoms with Gasteiger partial charge in [-0.2, -0.15) is 4.98 Å². The van der Waals surface area contributed by atoms with Gasteiger partial charge in [0.1, 0.15) is 17.7 Å². The first-order chi connectivity index (χ1) is 9.53. The standard InChI is InChI=1S/C15H26N4O/c1-5-13-17-14(19-16)11(4)15(18-13)20-12-7-9(2)6-10(3)8-12/h9-10,12H,5-8,16H2,1-4H3,(H,17,18,19). The minimum Gasteiger partial charge on any atom is -0.474 e. The van der Waals surface area contributed by atoms with E-state index in [4.69, 9.17) is 10.6 Å². The molecule has 112 valence electrons. The number of aryl methyl sites for hydroxylation is 1. The molecule has 0 aromatic carbocycles. The summed E-state index contributed by atoms with van der Waals surface area (Å²) in [5.41, 5.74) is 3.52. The number of anilines is 1. The minimum absolute atomic E-state index is 0.248. The first kappa shape index (κ1) is 15.0. The van der Waals surface area contributed by atoms with E-state index in [1.807, 2.05) is 13.8 Å². The van der Waals surface area contributed by atoms with Crippen LogP contribution < -0.4 is 16.0 Å². The van der Waals surface area contributed by atoms with Gasteiger partial charge in [-0.25, -0.2) is 10.8 Å². The predicted octanol–water partition coefficient (Wildman–Crippen LogP) is 2.84. The fourth-order valence-corrected chi connectivity index (χ4v) is 3.08. The SMILES string of the molecule is CCc1nc(NN)c(C)c(OC2CC(C)CC(C)C2)n1. The summed E-state index contributed by atoms with van der Waals surface area (Å²) in [6.07, 6.45) is 4.50. The molecule has 0 aliphatic heterocycles. The molecule has 1 saturated carbocycles. The van der Waals surface area contributed by atoms with Crippen molar-refractivity contribution >= 4 is 5.82 Å². The Morgan fingerprint density at radius 1 is 1.20 bits per heavy atom. The average molecular weight is 278 g/mol. The molecule has 5 nitrogen and oxygen atoms in total. The quantitative estimate of drug-likeness (QED) is 0.654. The third-order valence-corrected chi connectivity index (χ3v) is 4.01. The number of nitrogens with two attached hydrogens (primary N) is 1. The van der Waals surface area contributed by atoms with Crippen molar-refractivity contribution < 1.29 is 4.74 Å². The van der Waals surface area contributed by atoms with Crippen LogP contribution in [0.5, 0.6) is 5.88 Å². The van der Waals surface area contributed by atoms with Crippen LogP contribution in [0.1, 0.15) is 51.4 Å². The van der Waals surface area contributed by atoms with E-state index in [0.29, 0.717) is 23.5 Å². The number of ether oxygens (including phenoxy) is 1. The second-order valence-corrected chi connectivity index (χ2v) is 6.07. The van der Waals surface area contributed by atoms with Gasteiger partial charge in [0.15, 0.2) is 0 Å². The molecule has 1 aliphatic rings. The molecule has 0 amide bonds. The Morgan fingerprint density at radius 3 is 2.40 bits per heavy atom. The lowest BCUT2D eigenvalue weighted by Gasteiger charge is -2.31. The fraction of sp³-hybridized carbons (Fsp3) is 0.733. The Kier molecular flexibility index (Phi) is 4.81. The number of hydrogen-bond donors (Lipinski definition) is 2. The smallest absolute Gasteiger partial charge is 0.222 e. The van der Waals surface area contributed by atoms with Crippen molar-refractivity contribution in [2.24, 2.45) is 17.7 Å². The molecule has 5 heteroatoms. The summed E-state index contributed by atoms with van der Waals surface area (Å²) < 4.78 is 6.17. The second kappa shape index (κ2) is 6.39. The lowest BCUT2D eigenvalue weighted by molar-refractivity contribution is 0.0957. The van der Waals surface area contributed by atoms with Crippen molar-refractivity contribution in [3.63, 3.8) is 0 Å². The zero-order valence-corrected chi connectivity index (χ0v) is 12.9. The van der Waals surface area contributed by atoms with Crippen LogP contribution in [-0.2, 0) is 6.42 Å². The zero-order chi connectivity index (χ0) is 14.7. The normalized spacial score (nSPS) is 26.4. The van der Waals surface area contributed by atoms with Crippen molar-refractivity contribution in [2.75, 3.05) is 5.43 Å². The van der Waals surface area contributed by atoms with E-state index in [1.165, 1.54) is 6.42 Å². The zero-order valence-electron chi connectivity index (χ0n) is 12.9. The van der Waals surface area contributed by atoms with Crippen LogP contribution in [0.4, 0.5) is 5.82 Å². The van der Waals surface area contributed by atoms with Crippen molar-refractivity contribution in [1.82, 2.24) is 9.97 Å². The van der Waals surface area contributed by atoms with Gasteiger partial charge >= 0.3 is 0 Å². The van der Waals surface area contributed by atoms with Gasteiger partial charge < -0.3 is 10.2 Å². The topological polar surface area (TPSA) is 73.1 Å². The molecular weight excluding hydrogens is 252 g/mol. The lowest BCUT2D eigenvalue weighted by Crippen LogP contribution is -2.29. The summed E-state index contributed by atoms with van der Waals surface area (Å²) >= 11 is 0. The molecule has 1 heterocycles. The number of rotatable bonds is 4. The van der Waals surface area contributed by atoms with Gasteiger partial charge in [0.2, 0.25) is 5.88 Å². The van der Waals surface area contributed by atoms with Crippen LogP contribution in [0.3, 0.4) is 0 Å². The van der Waals surface area contributed by atoms with E-state index in [0.717, 1.165) is 30.7 Å². The number of hydrogen-bond acceptors (Lipinski definition) is 5. The summed E-state index contributed by atoms with van der Waals surface area (Å²) in [6, 6.07) is 0. The largest absolute Gasteiger partial charge is 0.474 e. The van der Waals surface area contributed by atoms with Crippen LogP contribution in [-0.4, -0.2) is 16.1 Å². The third-order valence-electron chi connectivity index (χ3n) is 4.01. The van der Waals surface area contributed by atoms with E-state index >= 15 is 0 Å². The van der Waals surface area contributed by atoms with Crippen LogP contribution in [0, 0.1) is 18.8 Å². The number of nitrogens with one attached hydrogen (secondary N) is 1. The van der Waals surface area contributed by atoms with E-state index in [9.17, 15) is 0 Å². The highest BCUT2D eigenvalue weighted by atomic mass is 16.5. The highest BCUT2D eigenvalue weighted by molar-refractivity contribution is 5.47. The molecule has 2 unspecified atom stereocenters. The Bertz CT molecular complexity index is 453. The van der Waals surface area contributed by atoms with E-state index in [2.05, 4.69) is 29.2 Å². The number of nitrogens with zero attached hydrogens (tertiary/aromatic N) is 2. The molecule has 2 atom stereocenters. The fourth-order valence-electron chi connectivity index (χ4n) is 3.08. The summed E-state index contributed by atoms with van der Waals surface area (Å²) in [6.45, 7) is 8.56. The first-order valence-corrected chi connectivity index (χ1v) is 7.54. The second-order valence-electron chi connectivity index (χ2n) is 6.07. The third kappa shape index (κ3) is 3.39. The Labute approximate surface area is 121 Å². The molecule has 2 rings (SSSR count). The Balaban J connectivity index is 2.19. The molecule has 1 aromatic heterocycles. The van der Waals surface area contributed by atoms with Crippen molar-refractivity contribution in [2.45, 2.75) is 59.5 Å². The van der Waals surface area contributed by atoms with Crippen LogP contribution in [0.2, 0.25) is 0 Å². The maximum absolute atomic E-state index is 6.17. The lowest BCUT2D eigenvalue weighted by atomic mass is 9.82. The number of hydrazine groups is 1. The minimum atomic E-state index is 0.248. The maximum Gasteiger partial charge on any atom is 0.222 e. The van der Waals surface area contributed by atoms with Crippen LogP contribution >= 0.6 is 0 Å². The molecule has 3 N–H and O–H groups in total. The predicted molar refractivity (Wildman–Crippen MR) is 80.6 cm³/mol. The molecule has 0 spiro atoms. The van der Waals surface area contributed by atoms with E-state index in [1.54, 1.807) is 0 Å². The van der Waals surface area contributed by atoms with E-state index < -0.39 is 0 Å². The Morgan fingerprint density at radius 2 is 1.85 bits per heavy atom. The van der Waals surface area contributed by atoms with E-state index in [-0.39, 0.29) is 6.10 Å². The summed E-state index contributed by atoms with van der Waals surface area (Å²) in [5.74, 6) is 9.04. The molecule has 0 bridgehead atoms. The van der Waals surface area contributed by atoms with Gasteiger partial charge in [0, 0.05) is 6.42 Å². The summed E-state index contributed by atoms with van der Waals surface area (Å²) in [4.78, 5) is 8.88. The first-order valence-electron chi connectivity index (χ1n) is 7.54. The summed E-state index contributed by atoms with van der Waals surface area (Å²) in [7, 11) is 0. The molecule has 20 heavy (non-hydrogen) atoms. The highest BCUT2D eigenvalue weighted by Crippen LogP contribution is 2.32. The van der Waals surface area contributed by atoms with Crippen molar-refractivity contribution in [3.05, 3.63) is 11.4 Å². The van der Waals surface area contributed by atoms with Gasteiger partial charge in [-0.1, -0.05) is 20.8 Å². The van der Waals surface area contributed by atoms with Gasteiger partial charge in [-0.3, -0.25) is 0 Å². The monoisotopic (exact) mass is 278 g/mol. The van der Waals surface area contributed by atoms with Gasteiger partial charge in [-0.05, 0) is 38.0 Å². The summed E-state index contributed by atoms with van der Waals surface area (Å²) in [5, 5.41) is 0. The van der Waals surface area contributed by atoms with Crippen LogP contribution in [0.25, 0.3) is 0 Å². The average Bonchev–Trinajstić information content (AvgIpc) is 2.40. The Hall–Kier alpha value is -1.36. The molecule has 1 aliphatic carbocycles. The molecular formula is C15H26N4O. The van der Waals surface area contributed by atoms with Crippen molar-refractivity contribution in [1.29, 1.82) is 0 Å². The molecule has 1 fully saturated rings. The van der Waals surface area contributed by atoms with Crippen LogP contribution in [0.15, 0.2) is 0 Å². The molecule has 0 radical (unpaired) electrons. The molecule has 0 saturated heterocycles. The van der Waals surface area contributed by atoms with Crippen molar-refractivity contribution in [3.8, 4) is 5.88 Å². The van der Waals surface area contributed by atoms with Gasteiger partial charge in [-0.15, -0.1) is 0 Å². The van der Waals surface area contributed by atoms with Gasteiger partial charge in [0.25, 0.3) is 0 Å². The number of aromatic nitrogens is 2.